The van der Waals surface area contributed by atoms with Gasteiger partial charge in [0, 0.05) is 29.3 Å². The second kappa shape index (κ2) is 6.24. The molecule has 0 unspecified atom stereocenters. The van der Waals surface area contributed by atoms with Crippen molar-refractivity contribution in [2.24, 2.45) is 5.41 Å². The van der Waals surface area contributed by atoms with Gasteiger partial charge in [0.05, 0.1) is 16.2 Å². The summed E-state index contributed by atoms with van der Waals surface area (Å²) in [5.74, 6) is -0.428. The van der Waals surface area contributed by atoms with E-state index in [-0.39, 0.29) is 11.3 Å². The first kappa shape index (κ1) is 16.4. The highest BCUT2D eigenvalue weighted by Crippen LogP contribution is 2.25. The number of nitrogens with zero attached hydrogens (tertiary/aromatic N) is 1. The average Bonchev–Trinajstić information content (AvgIpc) is 3.10. The molecule has 1 amide bonds. The minimum absolute atomic E-state index is 0.0345. The molecular weight excluding hydrogens is 326 g/mol. The minimum Gasteiger partial charge on any atom is -0.408 e. The van der Waals surface area contributed by atoms with Crippen LogP contribution in [-0.2, 0) is 11.2 Å². The molecule has 0 saturated carbocycles. The number of nitrogens with one attached hydrogen (secondary N) is 2. The lowest BCUT2D eigenvalue weighted by atomic mass is 9.96. The highest BCUT2D eigenvalue weighted by atomic mass is 32.1. The lowest BCUT2D eigenvalue weighted by Crippen LogP contribution is -2.35. The van der Waals surface area contributed by atoms with E-state index in [0.717, 1.165) is 16.3 Å². The molecule has 0 bridgehead atoms. The van der Waals surface area contributed by atoms with E-state index >= 15 is 0 Å². The van der Waals surface area contributed by atoms with Crippen molar-refractivity contribution in [2.45, 2.75) is 27.2 Å². The quantitative estimate of drug-likeness (QED) is 0.761. The molecule has 126 valence electrons. The van der Waals surface area contributed by atoms with Crippen molar-refractivity contribution in [3.63, 3.8) is 0 Å². The minimum atomic E-state index is -0.462. The number of hydrogen-bond acceptors (Lipinski definition) is 5. The van der Waals surface area contributed by atoms with E-state index in [1.807, 2.05) is 32.2 Å². The fraction of sp³-hybridized carbons (Fsp3) is 0.353. The van der Waals surface area contributed by atoms with E-state index < -0.39 is 5.76 Å². The summed E-state index contributed by atoms with van der Waals surface area (Å²) in [5.41, 5.74) is 2.53. The lowest BCUT2D eigenvalue weighted by molar-refractivity contribution is -0.128. The summed E-state index contributed by atoms with van der Waals surface area (Å²) in [7, 11) is 0. The van der Waals surface area contributed by atoms with Crippen LogP contribution in [0.5, 0.6) is 0 Å². The summed E-state index contributed by atoms with van der Waals surface area (Å²) in [6.45, 7) is 6.23. The second-order valence-corrected chi connectivity index (χ2v) is 7.55. The van der Waals surface area contributed by atoms with Crippen LogP contribution in [0.25, 0.3) is 22.4 Å². The average molecular weight is 345 g/mol. The third-order valence-electron chi connectivity index (χ3n) is 3.57. The molecule has 7 heteroatoms. The number of benzene rings is 1. The molecule has 2 heterocycles. The van der Waals surface area contributed by atoms with Crippen LogP contribution in [-0.4, -0.2) is 22.4 Å². The number of carbonyl (C=O) groups is 1. The maximum atomic E-state index is 11.8. The van der Waals surface area contributed by atoms with Crippen LogP contribution in [0, 0.1) is 5.41 Å². The number of amides is 1. The third-order valence-corrected chi connectivity index (χ3v) is 4.48. The smallest absolute Gasteiger partial charge is 0.408 e. The Bertz CT molecular complexity index is 930. The largest absolute Gasteiger partial charge is 0.417 e. The van der Waals surface area contributed by atoms with Crippen LogP contribution < -0.4 is 11.1 Å². The normalized spacial score (nSPS) is 11.8. The van der Waals surface area contributed by atoms with Gasteiger partial charge in [-0.15, -0.1) is 11.3 Å². The van der Waals surface area contributed by atoms with Gasteiger partial charge in [0.25, 0.3) is 0 Å². The molecule has 1 aromatic carbocycles. The van der Waals surface area contributed by atoms with Crippen molar-refractivity contribution in [1.29, 1.82) is 0 Å². The van der Waals surface area contributed by atoms with Crippen molar-refractivity contribution in [2.75, 3.05) is 6.54 Å². The van der Waals surface area contributed by atoms with Gasteiger partial charge in [-0.1, -0.05) is 26.8 Å². The number of fused-ring (bicyclic) bond motifs is 1. The number of oxazole rings is 1. The van der Waals surface area contributed by atoms with Crippen molar-refractivity contribution < 1.29 is 9.21 Å². The van der Waals surface area contributed by atoms with Gasteiger partial charge >= 0.3 is 5.76 Å². The predicted octanol–water partition coefficient (Wildman–Crippen LogP) is 2.95. The predicted molar refractivity (Wildman–Crippen MR) is 94.1 cm³/mol. The Morgan fingerprint density at radius 3 is 2.92 bits per heavy atom. The zero-order valence-electron chi connectivity index (χ0n) is 13.8. The zero-order valence-corrected chi connectivity index (χ0v) is 14.6. The van der Waals surface area contributed by atoms with Crippen LogP contribution in [0.15, 0.2) is 32.8 Å². The molecule has 0 atom stereocenters. The standard InChI is InChI=1S/C17H19N3O3S/c1-17(2,3)15(21)18-7-6-14-19-12(9-24-14)10-4-5-11-13(8-10)23-16(22)20-11/h4-5,8-9H,6-7H2,1-3H3,(H,18,21)(H,20,22). The molecule has 3 rings (SSSR count). The van der Waals surface area contributed by atoms with Crippen LogP contribution in [0.1, 0.15) is 25.8 Å². The molecule has 24 heavy (non-hydrogen) atoms. The Kier molecular flexibility index (Phi) is 4.28. The fourth-order valence-corrected chi connectivity index (χ4v) is 3.02. The van der Waals surface area contributed by atoms with Gasteiger partial charge in [0.2, 0.25) is 5.91 Å². The molecule has 0 aliphatic rings. The Hall–Kier alpha value is -2.41. The van der Waals surface area contributed by atoms with Gasteiger partial charge in [0.15, 0.2) is 5.58 Å². The van der Waals surface area contributed by atoms with Crippen molar-refractivity contribution in [1.82, 2.24) is 15.3 Å². The first-order valence-corrected chi connectivity index (χ1v) is 8.57. The van der Waals surface area contributed by atoms with Gasteiger partial charge < -0.3 is 9.73 Å². The number of hydrogen-bond donors (Lipinski definition) is 2. The molecule has 2 N–H and O–H groups in total. The monoisotopic (exact) mass is 345 g/mol. The van der Waals surface area contributed by atoms with E-state index in [1.165, 1.54) is 0 Å². The number of aromatic nitrogens is 2. The number of carbonyl (C=O) groups excluding carboxylic acids is 1. The summed E-state index contributed by atoms with van der Waals surface area (Å²) < 4.78 is 5.08. The molecular formula is C17H19N3O3S. The second-order valence-electron chi connectivity index (χ2n) is 6.61. The number of aromatic amines is 1. The molecule has 2 aromatic heterocycles. The van der Waals surface area contributed by atoms with E-state index in [4.69, 9.17) is 4.42 Å². The van der Waals surface area contributed by atoms with Gasteiger partial charge in [-0.25, -0.2) is 9.78 Å². The molecule has 0 aliphatic heterocycles. The molecule has 0 radical (unpaired) electrons. The highest BCUT2D eigenvalue weighted by Gasteiger charge is 2.20. The van der Waals surface area contributed by atoms with Crippen LogP contribution in [0.4, 0.5) is 0 Å². The van der Waals surface area contributed by atoms with Crippen LogP contribution >= 0.6 is 11.3 Å². The van der Waals surface area contributed by atoms with Gasteiger partial charge in [0.1, 0.15) is 0 Å². The molecule has 6 nitrogen and oxygen atoms in total. The highest BCUT2D eigenvalue weighted by molar-refractivity contribution is 7.09. The Labute approximate surface area is 142 Å². The molecule has 0 aliphatic carbocycles. The molecule has 0 fully saturated rings. The van der Waals surface area contributed by atoms with Gasteiger partial charge in [-0.3, -0.25) is 9.78 Å². The molecule has 0 spiro atoms. The van der Waals surface area contributed by atoms with Gasteiger partial charge in [-0.05, 0) is 12.1 Å². The number of thiazole rings is 1. The lowest BCUT2D eigenvalue weighted by Gasteiger charge is -2.17. The molecule has 0 saturated heterocycles. The Morgan fingerprint density at radius 1 is 1.38 bits per heavy atom. The summed E-state index contributed by atoms with van der Waals surface area (Å²) >= 11 is 1.55. The number of H-pyrrole nitrogens is 1. The molecule has 3 aromatic rings. The van der Waals surface area contributed by atoms with Gasteiger partial charge in [-0.2, -0.15) is 0 Å². The first-order chi connectivity index (χ1) is 11.3. The zero-order chi connectivity index (χ0) is 17.3. The van der Waals surface area contributed by atoms with E-state index in [1.54, 1.807) is 23.5 Å². The summed E-state index contributed by atoms with van der Waals surface area (Å²) in [5, 5.41) is 5.84. The van der Waals surface area contributed by atoms with E-state index in [2.05, 4.69) is 15.3 Å². The summed E-state index contributed by atoms with van der Waals surface area (Å²) in [4.78, 5) is 30.3. The van der Waals surface area contributed by atoms with Crippen LogP contribution in [0.3, 0.4) is 0 Å². The topological polar surface area (TPSA) is 88.0 Å². The number of rotatable bonds is 4. The van der Waals surface area contributed by atoms with Crippen LogP contribution in [0.2, 0.25) is 0 Å². The van der Waals surface area contributed by atoms with Crippen molar-refractivity contribution >= 4 is 28.3 Å². The van der Waals surface area contributed by atoms with E-state index in [0.29, 0.717) is 24.1 Å². The fourth-order valence-electron chi connectivity index (χ4n) is 2.21. The summed E-state index contributed by atoms with van der Waals surface area (Å²) in [6.07, 6.45) is 0.688. The van der Waals surface area contributed by atoms with Crippen molar-refractivity contribution in [3.05, 3.63) is 39.1 Å². The van der Waals surface area contributed by atoms with Crippen molar-refractivity contribution in [3.8, 4) is 11.3 Å². The first-order valence-electron chi connectivity index (χ1n) is 7.69. The maximum absolute atomic E-state index is 11.8. The SMILES string of the molecule is CC(C)(C)C(=O)NCCc1nc(-c2ccc3[nH]c(=O)oc3c2)cs1. The van der Waals surface area contributed by atoms with E-state index in [9.17, 15) is 9.59 Å². The third kappa shape index (κ3) is 3.56. The Balaban J connectivity index is 1.68. The Morgan fingerprint density at radius 2 is 2.17 bits per heavy atom. The maximum Gasteiger partial charge on any atom is 0.417 e. The summed E-state index contributed by atoms with van der Waals surface area (Å²) in [6, 6.07) is 5.50.